The molecule has 0 saturated heterocycles. The van der Waals surface area contributed by atoms with E-state index >= 15 is 0 Å². The fraction of sp³-hybridized carbons (Fsp3) is 0.654. The lowest BCUT2D eigenvalue weighted by atomic mass is 10.0. The molecule has 1 aromatic carbocycles. The number of carboxylic acids is 3. The quantitative estimate of drug-likeness (QED) is 0.104. The van der Waals surface area contributed by atoms with Gasteiger partial charge in [-0.25, -0.2) is 0 Å². The van der Waals surface area contributed by atoms with Gasteiger partial charge in [0.25, 0.3) is 17.9 Å². The predicted molar refractivity (Wildman–Crippen MR) is 138 cm³/mol. The van der Waals surface area contributed by atoms with Crippen molar-refractivity contribution < 1.29 is 49.8 Å². The van der Waals surface area contributed by atoms with Crippen LogP contribution in [-0.4, -0.2) is 55.7 Å². The summed E-state index contributed by atoms with van der Waals surface area (Å²) in [5.74, 6) is -2.86. The van der Waals surface area contributed by atoms with Crippen molar-refractivity contribution in [2.45, 2.75) is 105 Å². The minimum Gasteiger partial charge on any atom is -0.504 e. The Morgan fingerprint density at radius 3 is 1.33 bits per heavy atom. The molecule has 0 heterocycles. The Bertz CT molecular complexity index is 691. The van der Waals surface area contributed by atoms with E-state index < -0.39 is 17.9 Å². The zero-order valence-corrected chi connectivity index (χ0v) is 22.4. The topological polar surface area (TPSA) is 182 Å². The summed E-state index contributed by atoms with van der Waals surface area (Å²) in [5.41, 5.74) is 0.378. The Morgan fingerprint density at radius 2 is 1.00 bits per heavy atom. The van der Waals surface area contributed by atoms with Crippen LogP contribution in [-0.2, 0) is 20.8 Å². The highest BCUT2D eigenvalue weighted by Crippen LogP contribution is 2.43. The van der Waals surface area contributed by atoms with Gasteiger partial charge in [0, 0.05) is 32.4 Å². The van der Waals surface area contributed by atoms with Gasteiger partial charge in [0.2, 0.25) is 0 Å². The van der Waals surface area contributed by atoms with Crippen LogP contribution in [0.4, 0.5) is 0 Å². The van der Waals surface area contributed by atoms with Crippen molar-refractivity contribution in [3.63, 3.8) is 0 Å². The number of phenols is 3. The molecule has 6 N–H and O–H groups in total. The van der Waals surface area contributed by atoms with Gasteiger partial charge in [0.15, 0.2) is 23.0 Å². The summed E-state index contributed by atoms with van der Waals surface area (Å²) in [5, 5.41) is 51.9. The van der Waals surface area contributed by atoms with Crippen molar-refractivity contribution in [2.24, 2.45) is 0 Å². The Morgan fingerprint density at radius 1 is 0.667 bits per heavy atom. The van der Waals surface area contributed by atoms with Crippen molar-refractivity contribution in [2.75, 3.05) is 7.11 Å². The van der Waals surface area contributed by atoms with Gasteiger partial charge in [0.1, 0.15) is 0 Å². The van der Waals surface area contributed by atoms with E-state index in [4.69, 9.17) is 34.4 Å². The summed E-state index contributed by atoms with van der Waals surface area (Å²) in [6, 6.07) is 1.23. The molecule has 0 atom stereocenters. The SMILES string of the molecule is CC(=O)O.CC(=O)O.CC(=O)O.CCCCCCCCCCCCCc1c(O)c(O)cc(OC)c1O. The highest BCUT2D eigenvalue weighted by Gasteiger charge is 2.17. The number of methoxy groups -OCH3 is 1. The molecular weight excluding hydrogens is 472 g/mol. The molecule has 0 aliphatic rings. The minimum atomic E-state index is -0.833. The number of ether oxygens (including phenoxy) is 1. The first-order valence-corrected chi connectivity index (χ1v) is 12.2. The van der Waals surface area contributed by atoms with Gasteiger partial charge in [-0.3, -0.25) is 14.4 Å². The van der Waals surface area contributed by atoms with E-state index in [-0.39, 0.29) is 23.0 Å². The van der Waals surface area contributed by atoms with Gasteiger partial charge in [-0.15, -0.1) is 0 Å². The average Bonchev–Trinajstić information content (AvgIpc) is 2.75. The van der Waals surface area contributed by atoms with Crippen LogP contribution < -0.4 is 4.74 Å². The molecule has 1 rings (SSSR count). The van der Waals surface area contributed by atoms with Crippen molar-refractivity contribution in [3.05, 3.63) is 11.6 Å². The summed E-state index contributed by atoms with van der Waals surface area (Å²) < 4.78 is 5.01. The number of aromatic hydroxyl groups is 3. The van der Waals surface area contributed by atoms with Gasteiger partial charge in [-0.05, 0) is 12.8 Å². The van der Waals surface area contributed by atoms with Crippen LogP contribution in [0.25, 0.3) is 0 Å². The van der Waals surface area contributed by atoms with Gasteiger partial charge < -0.3 is 35.4 Å². The van der Waals surface area contributed by atoms with Crippen LogP contribution in [0.3, 0.4) is 0 Å². The number of phenolic OH excluding ortho intramolecular Hbond substituents is 3. The zero-order valence-electron chi connectivity index (χ0n) is 22.4. The van der Waals surface area contributed by atoms with E-state index in [2.05, 4.69) is 6.92 Å². The number of unbranched alkanes of at least 4 members (excludes halogenated alkanes) is 10. The van der Waals surface area contributed by atoms with E-state index in [0.717, 1.165) is 33.6 Å². The lowest BCUT2D eigenvalue weighted by Crippen LogP contribution is -1.92. The van der Waals surface area contributed by atoms with Crippen LogP contribution in [0.15, 0.2) is 6.07 Å². The van der Waals surface area contributed by atoms with E-state index in [1.165, 1.54) is 71.0 Å². The van der Waals surface area contributed by atoms with Crippen LogP contribution in [0, 0.1) is 0 Å². The summed E-state index contributed by atoms with van der Waals surface area (Å²) in [6.07, 6.45) is 14.3. The largest absolute Gasteiger partial charge is 0.504 e. The van der Waals surface area contributed by atoms with Crippen molar-refractivity contribution in [1.29, 1.82) is 0 Å². The normalized spacial score (nSPS) is 9.36. The van der Waals surface area contributed by atoms with Crippen molar-refractivity contribution in [3.8, 4) is 23.0 Å². The standard InChI is InChI=1S/C20H34O4.3C2H4O2/c1-3-4-5-6-7-8-9-10-11-12-13-14-16-19(22)17(21)15-18(24-2)20(16)23;3*1-2(3)4/h15,21-23H,3-14H2,1-2H3;3*1H3,(H,3,4). The second-order valence-electron chi connectivity index (χ2n) is 8.12. The Balaban J connectivity index is -0.000000753. The fourth-order valence-electron chi connectivity index (χ4n) is 3.03. The van der Waals surface area contributed by atoms with Crippen LogP contribution in [0.5, 0.6) is 23.0 Å². The number of hydrogen-bond donors (Lipinski definition) is 6. The summed E-state index contributed by atoms with van der Waals surface area (Å²) in [7, 11) is 1.43. The Kier molecular flexibility index (Phi) is 25.9. The Hall–Kier alpha value is -3.17. The number of carboxylic acid groups (broad SMARTS) is 3. The highest BCUT2D eigenvalue weighted by atomic mass is 16.5. The van der Waals surface area contributed by atoms with Crippen LogP contribution >= 0.6 is 0 Å². The molecule has 0 fully saturated rings. The molecule has 0 unspecified atom stereocenters. The molecule has 10 heteroatoms. The molecule has 0 aliphatic carbocycles. The molecular formula is C26H46O10. The summed E-state index contributed by atoms with van der Waals surface area (Å²) >= 11 is 0. The molecule has 36 heavy (non-hydrogen) atoms. The van der Waals surface area contributed by atoms with Gasteiger partial charge >= 0.3 is 0 Å². The number of benzene rings is 1. The average molecular weight is 519 g/mol. The third-order valence-corrected chi connectivity index (χ3v) is 4.57. The van der Waals surface area contributed by atoms with Crippen LogP contribution in [0.1, 0.15) is 104 Å². The molecule has 1 aromatic rings. The minimum absolute atomic E-state index is 0.0696. The second kappa shape index (κ2) is 24.9. The first-order valence-electron chi connectivity index (χ1n) is 12.2. The molecule has 0 amide bonds. The lowest BCUT2D eigenvalue weighted by molar-refractivity contribution is -0.135. The third-order valence-electron chi connectivity index (χ3n) is 4.57. The summed E-state index contributed by atoms with van der Waals surface area (Å²) in [4.78, 5) is 27.0. The smallest absolute Gasteiger partial charge is 0.300 e. The molecule has 0 saturated carbocycles. The molecule has 0 aromatic heterocycles. The van der Waals surface area contributed by atoms with Gasteiger partial charge in [-0.2, -0.15) is 0 Å². The van der Waals surface area contributed by atoms with E-state index in [0.29, 0.717) is 12.0 Å². The van der Waals surface area contributed by atoms with Crippen molar-refractivity contribution >= 4 is 17.9 Å². The maximum absolute atomic E-state index is 10.1. The monoisotopic (exact) mass is 518 g/mol. The van der Waals surface area contributed by atoms with E-state index in [1.54, 1.807) is 0 Å². The molecule has 210 valence electrons. The lowest BCUT2D eigenvalue weighted by Gasteiger charge is -2.12. The first-order chi connectivity index (χ1) is 16.8. The number of hydrogen-bond acceptors (Lipinski definition) is 7. The maximum atomic E-state index is 10.1. The molecule has 10 nitrogen and oxygen atoms in total. The highest BCUT2D eigenvalue weighted by molar-refractivity contribution is 5.63. The molecule has 0 bridgehead atoms. The Labute approximate surface area is 214 Å². The van der Waals surface area contributed by atoms with E-state index in [9.17, 15) is 15.3 Å². The van der Waals surface area contributed by atoms with Crippen molar-refractivity contribution in [1.82, 2.24) is 0 Å². The van der Waals surface area contributed by atoms with E-state index in [1.807, 2.05) is 0 Å². The summed E-state index contributed by atoms with van der Waals surface area (Å²) in [6.45, 7) is 5.49. The third kappa shape index (κ3) is 27.1. The number of carbonyl (C=O) groups is 3. The van der Waals surface area contributed by atoms with Gasteiger partial charge in [0.05, 0.1) is 7.11 Å². The molecule has 0 aliphatic heterocycles. The van der Waals surface area contributed by atoms with Gasteiger partial charge in [-0.1, -0.05) is 71.1 Å². The first kappa shape index (κ1) is 37.4. The maximum Gasteiger partial charge on any atom is 0.300 e. The predicted octanol–water partition coefficient (Wildman–Crippen LogP) is 5.94. The fourth-order valence-corrected chi connectivity index (χ4v) is 3.03. The number of rotatable bonds is 13. The second-order valence-corrected chi connectivity index (χ2v) is 8.12. The molecule has 0 radical (unpaired) electrons. The zero-order chi connectivity index (χ0) is 28.5. The van der Waals surface area contributed by atoms with Crippen LogP contribution in [0.2, 0.25) is 0 Å². The number of aliphatic carboxylic acids is 3. The molecule has 0 spiro atoms.